The van der Waals surface area contributed by atoms with Gasteiger partial charge in [0.25, 0.3) is 0 Å². The van der Waals surface area contributed by atoms with Gasteiger partial charge >= 0.3 is 0 Å². The average molecular weight is 247 g/mol. The summed E-state index contributed by atoms with van der Waals surface area (Å²) in [6.07, 6.45) is 0.997. The van der Waals surface area contributed by atoms with Crippen LogP contribution in [0.4, 0.5) is 0 Å². The van der Waals surface area contributed by atoms with Crippen LogP contribution in [-0.4, -0.2) is 50.5 Å². The molecule has 18 heavy (non-hydrogen) atoms. The lowest BCUT2D eigenvalue weighted by molar-refractivity contribution is 0.479. The summed E-state index contributed by atoms with van der Waals surface area (Å²) in [6, 6.07) is 6.62. The van der Waals surface area contributed by atoms with Crippen LogP contribution >= 0.6 is 0 Å². The zero-order chi connectivity index (χ0) is 13.7. The molecule has 0 saturated carbocycles. The lowest BCUT2D eigenvalue weighted by Crippen LogP contribution is -2.35. The Labute approximate surface area is 111 Å². The third-order valence-corrected chi connectivity index (χ3v) is 2.93. The Morgan fingerprint density at radius 2 is 1.67 bits per heavy atom. The van der Waals surface area contributed by atoms with Crippen LogP contribution in [0.25, 0.3) is 0 Å². The minimum Gasteiger partial charge on any atom is -0.349 e. The van der Waals surface area contributed by atoms with Gasteiger partial charge in [0.15, 0.2) is 5.96 Å². The van der Waals surface area contributed by atoms with Crippen molar-refractivity contribution in [3.63, 3.8) is 0 Å². The van der Waals surface area contributed by atoms with Gasteiger partial charge in [0.1, 0.15) is 0 Å². The molecule has 0 bridgehead atoms. The predicted octanol–water partition coefficient (Wildman–Crippen LogP) is 2.33. The second kappa shape index (κ2) is 6.43. The van der Waals surface area contributed by atoms with Crippen molar-refractivity contribution >= 4 is 5.96 Å². The fourth-order valence-corrected chi connectivity index (χ4v) is 2.09. The number of benzene rings is 1. The first-order chi connectivity index (χ1) is 8.41. The summed E-state index contributed by atoms with van der Waals surface area (Å²) in [4.78, 5) is 8.74. The molecule has 0 aliphatic heterocycles. The van der Waals surface area contributed by atoms with Crippen molar-refractivity contribution in [2.75, 3.05) is 34.7 Å². The fraction of sp³-hybridized carbons (Fsp3) is 0.533. The van der Waals surface area contributed by atoms with Gasteiger partial charge in [-0.25, -0.2) is 0 Å². The number of hydrogen-bond donors (Lipinski definition) is 0. The van der Waals surface area contributed by atoms with E-state index < -0.39 is 0 Å². The molecular weight excluding hydrogens is 222 g/mol. The van der Waals surface area contributed by atoms with Crippen LogP contribution in [0.2, 0.25) is 0 Å². The summed E-state index contributed by atoms with van der Waals surface area (Å²) in [6.45, 7) is 5.13. The van der Waals surface area contributed by atoms with Crippen molar-refractivity contribution in [2.45, 2.75) is 20.3 Å². The highest BCUT2D eigenvalue weighted by Gasteiger charge is 2.04. The second-order valence-corrected chi connectivity index (χ2v) is 5.15. The monoisotopic (exact) mass is 247 g/mol. The quantitative estimate of drug-likeness (QED) is 0.603. The SMILES string of the molecule is Cc1ccc(CCN=C(N(C)C)N(C)C)c(C)c1. The standard InChI is InChI=1S/C15H25N3/c1-12-7-8-14(13(2)11-12)9-10-16-15(17(3)4)18(5)6/h7-8,11H,9-10H2,1-6H3. The molecule has 0 N–H and O–H groups in total. The summed E-state index contributed by atoms with van der Waals surface area (Å²) >= 11 is 0. The van der Waals surface area contributed by atoms with Crippen LogP contribution in [-0.2, 0) is 6.42 Å². The molecule has 0 saturated heterocycles. The number of aliphatic imine (C=N–C) groups is 1. The van der Waals surface area contributed by atoms with E-state index in [1.54, 1.807) is 0 Å². The highest BCUT2D eigenvalue weighted by atomic mass is 15.3. The van der Waals surface area contributed by atoms with E-state index in [9.17, 15) is 0 Å². The third kappa shape index (κ3) is 4.06. The van der Waals surface area contributed by atoms with E-state index in [2.05, 4.69) is 37.0 Å². The van der Waals surface area contributed by atoms with Gasteiger partial charge < -0.3 is 9.80 Å². The van der Waals surface area contributed by atoms with E-state index in [1.165, 1.54) is 16.7 Å². The molecule has 1 aromatic carbocycles. The molecule has 0 heterocycles. The number of aryl methyl sites for hydroxylation is 2. The molecule has 0 aromatic heterocycles. The highest BCUT2D eigenvalue weighted by molar-refractivity contribution is 5.79. The predicted molar refractivity (Wildman–Crippen MR) is 79.3 cm³/mol. The fourth-order valence-electron chi connectivity index (χ4n) is 2.09. The molecule has 0 spiro atoms. The van der Waals surface area contributed by atoms with Crippen LogP contribution in [0.15, 0.2) is 23.2 Å². The molecular formula is C15H25N3. The van der Waals surface area contributed by atoms with Crippen molar-refractivity contribution in [3.8, 4) is 0 Å². The molecule has 0 amide bonds. The van der Waals surface area contributed by atoms with Crippen LogP contribution in [0.1, 0.15) is 16.7 Å². The van der Waals surface area contributed by atoms with Gasteiger partial charge in [0.05, 0.1) is 0 Å². The van der Waals surface area contributed by atoms with Crippen LogP contribution in [0.5, 0.6) is 0 Å². The lowest BCUT2D eigenvalue weighted by Gasteiger charge is -2.22. The maximum atomic E-state index is 4.65. The van der Waals surface area contributed by atoms with Gasteiger partial charge in [-0.1, -0.05) is 23.8 Å². The van der Waals surface area contributed by atoms with E-state index in [1.807, 2.05) is 38.0 Å². The Morgan fingerprint density at radius 1 is 1.06 bits per heavy atom. The smallest absolute Gasteiger partial charge is 0.195 e. The van der Waals surface area contributed by atoms with Gasteiger partial charge in [-0.05, 0) is 31.4 Å². The van der Waals surface area contributed by atoms with Gasteiger partial charge in [-0.3, -0.25) is 4.99 Å². The van der Waals surface area contributed by atoms with E-state index in [-0.39, 0.29) is 0 Å². The molecule has 1 aromatic rings. The minimum absolute atomic E-state index is 0.829. The Balaban J connectivity index is 2.67. The molecule has 0 unspecified atom stereocenters. The Kier molecular flexibility index (Phi) is 5.20. The number of rotatable bonds is 3. The number of guanidine groups is 1. The zero-order valence-corrected chi connectivity index (χ0v) is 12.5. The molecule has 0 fully saturated rings. The third-order valence-electron chi connectivity index (χ3n) is 2.93. The zero-order valence-electron chi connectivity index (χ0n) is 12.5. The largest absolute Gasteiger partial charge is 0.349 e. The highest BCUT2D eigenvalue weighted by Crippen LogP contribution is 2.11. The average Bonchev–Trinajstić information content (AvgIpc) is 2.25. The summed E-state index contributed by atoms with van der Waals surface area (Å²) in [5.41, 5.74) is 4.07. The van der Waals surface area contributed by atoms with Crippen LogP contribution in [0.3, 0.4) is 0 Å². The molecule has 0 radical (unpaired) electrons. The van der Waals surface area contributed by atoms with Crippen molar-refractivity contribution in [3.05, 3.63) is 34.9 Å². The van der Waals surface area contributed by atoms with Crippen molar-refractivity contribution in [2.24, 2.45) is 4.99 Å². The second-order valence-electron chi connectivity index (χ2n) is 5.15. The van der Waals surface area contributed by atoms with Crippen molar-refractivity contribution in [1.29, 1.82) is 0 Å². The summed E-state index contributed by atoms with van der Waals surface area (Å²) < 4.78 is 0. The molecule has 100 valence electrons. The maximum absolute atomic E-state index is 4.65. The first-order valence-corrected chi connectivity index (χ1v) is 6.37. The topological polar surface area (TPSA) is 18.8 Å². The Hall–Kier alpha value is -1.51. The molecule has 3 nitrogen and oxygen atoms in total. The first-order valence-electron chi connectivity index (χ1n) is 6.37. The first kappa shape index (κ1) is 14.6. The van der Waals surface area contributed by atoms with Crippen molar-refractivity contribution in [1.82, 2.24) is 9.80 Å². The number of nitrogens with zero attached hydrogens (tertiary/aromatic N) is 3. The van der Waals surface area contributed by atoms with E-state index in [0.717, 1.165) is 18.9 Å². The normalized spacial score (nSPS) is 10.1. The van der Waals surface area contributed by atoms with Crippen molar-refractivity contribution < 1.29 is 0 Å². The lowest BCUT2D eigenvalue weighted by atomic mass is 10.0. The molecule has 3 heteroatoms. The summed E-state index contributed by atoms with van der Waals surface area (Å²) in [5.74, 6) is 1.01. The van der Waals surface area contributed by atoms with Gasteiger partial charge in [0, 0.05) is 34.7 Å². The van der Waals surface area contributed by atoms with E-state index in [0.29, 0.717) is 0 Å². The summed E-state index contributed by atoms with van der Waals surface area (Å²) in [7, 11) is 8.10. The van der Waals surface area contributed by atoms with Crippen LogP contribution < -0.4 is 0 Å². The Morgan fingerprint density at radius 3 is 2.17 bits per heavy atom. The molecule has 0 aliphatic carbocycles. The van der Waals surface area contributed by atoms with Gasteiger partial charge in [0.2, 0.25) is 0 Å². The maximum Gasteiger partial charge on any atom is 0.195 e. The minimum atomic E-state index is 0.829. The van der Waals surface area contributed by atoms with Crippen LogP contribution in [0, 0.1) is 13.8 Å². The summed E-state index contributed by atoms with van der Waals surface area (Å²) in [5, 5.41) is 0. The van der Waals surface area contributed by atoms with E-state index in [4.69, 9.17) is 0 Å². The molecule has 0 aliphatic rings. The van der Waals surface area contributed by atoms with Gasteiger partial charge in [-0.15, -0.1) is 0 Å². The van der Waals surface area contributed by atoms with Gasteiger partial charge in [-0.2, -0.15) is 0 Å². The van der Waals surface area contributed by atoms with E-state index >= 15 is 0 Å². The molecule has 1 rings (SSSR count). The number of hydrogen-bond acceptors (Lipinski definition) is 1. The Bertz CT molecular complexity index is 410. The molecule has 0 atom stereocenters.